The minimum atomic E-state index is -0.178. The largest absolute Gasteiger partial charge is 0.351 e. The number of hydrogen-bond acceptors (Lipinski definition) is 4. The number of amides is 1. The van der Waals surface area contributed by atoms with Gasteiger partial charge in [0.05, 0.1) is 10.3 Å². The highest BCUT2D eigenvalue weighted by Gasteiger charge is 2.18. The molecule has 2 rings (SSSR count). The van der Waals surface area contributed by atoms with Crippen LogP contribution in [0.25, 0.3) is 10.2 Å². The summed E-state index contributed by atoms with van der Waals surface area (Å²) in [4.78, 5) is 32.3. The summed E-state index contributed by atoms with van der Waals surface area (Å²) in [5.41, 5.74) is 0.531. The summed E-state index contributed by atoms with van der Waals surface area (Å²) in [5, 5.41) is 3.42. The monoisotopic (exact) mass is 293 g/mol. The fourth-order valence-corrected chi connectivity index (χ4v) is 3.17. The van der Waals surface area contributed by atoms with E-state index in [2.05, 4.69) is 29.1 Å². The molecule has 2 aromatic rings. The zero-order valence-corrected chi connectivity index (χ0v) is 13.0. The molecule has 0 unspecified atom stereocenters. The van der Waals surface area contributed by atoms with E-state index >= 15 is 0 Å². The standard InChI is InChI=1S/C14H19N3O2S/c1-7(2)5-6-15-13(19)11-8(3)10-12(18)16-9(4)17-14(10)20-11/h7H,5-6H2,1-4H3,(H,15,19)(H,16,17,18). The maximum absolute atomic E-state index is 12.2. The van der Waals surface area contributed by atoms with Crippen LogP contribution in [0.4, 0.5) is 0 Å². The van der Waals surface area contributed by atoms with Crippen molar-refractivity contribution in [1.29, 1.82) is 0 Å². The van der Waals surface area contributed by atoms with E-state index in [1.54, 1.807) is 13.8 Å². The molecule has 5 nitrogen and oxygen atoms in total. The summed E-state index contributed by atoms with van der Waals surface area (Å²) in [6.07, 6.45) is 0.938. The van der Waals surface area contributed by atoms with Crippen LogP contribution in [-0.2, 0) is 0 Å². The van der Waals surface area contributed by atoms with Crippen molar-refractivity contribution >= 4 is 27.5 Å². The van der Waals surface area contributed by atoms with E-state index in [0.717, 1.165) is 6.42 Å². The van der Waals surface area contributed by atoms with Crippen LogP contribution in [0.1, 0.15) is 41.3 Å². The van der Waals surface area contributed by atoms with Crippen molar-refractivity contribution in [2.45, 2.75) is 34.1 Å². The SMILES string of the molecule is Cc1nc2sc(C(=O)NCCC(C)C)c(C)c2c(=O)[nH]1. The Kier molecular flexibility index (Phi) is 4.23. The minimum absolute atomic E-state index is 0.122. The number of H-pyrrole nitrogens is 1. The molecular formula is C14H19N3O2S. The lowest BCUT2D eigenvalue weighted by atomic mass is 10.1. The number of carbonyl (C=O) groups excluding carboxylic acids is 1. The van der Waals surface area contributed by atoms with E-state index in [4.69, 9.17) is 0 Å². The van der Waals surface area contributed by atoms with E-state index in [-0.39, 0.29) is 11.5 Å². The summed E-state index contributed by atoms with van der Waals surface area (Å²) >= 11 is 1.28. The third-order valence-electron chi connectivity index (χ3n) is 3.13. The van der Waals surface area contributed by atoms with Crippen molar-refractivity contribution in [2.24, 2.45) is 5.92 Å². The van der Waals surface area contributed by atoms with Gasteiger partial charge in [0, 0.05) is 6.54 Å². The highest BCUT2D eigenvalue weighted by atomic mass is 32.1. The highest BCUT2D eigenvalue weighted by molar-refractivity contribution is 7.20. The van der Waals surface area contributed by atoms with E-state index < -0.39 is 0 Å². The van der Waals surface area contributed by atoms with Gasteiger partial charge in [-0.3, -0.25) is 9.59 Å². The van der Waals surface area contributed by atoms with Gasteiger partial charge in [0.25, 0.3) is 11.5 Å². The maximum Gasteiger partial charge on any atom is 0.261 e. The van der Waals surface area contributed by atoms with Gasteiger partial charge in [-0.2, -0.15) is 0 Å². The topological polar surface area (TPSA) is 74.8 Å². The van der Waals surface area contributed by atoms with Crippen molar-refractivity contribution in [3.63, 3.8) is 0 Å². The van der Waals surface area contributed by atoms with Gasteiger partial charge in [-0.15, -0.1) is 11.3 Å². The van der Waals surface area contributed by atoms with Gasteiger partial charge >= 0.3 is 0 Å². The molecular weight excluding hydrogens is 274 g/mol. The number of thiophene rings is 1. The van der Waals surface area contributed by atoms with Crippen molar-refractivity contribution < 1.29 is 4.79 Å². The number of nitrogens with zero attached hydrogens (tertiary/aromatic N) is 1. The lowest BCUT2D eigenvalue weighted by Crippen LogP contribution is -2.25. The van der Waals surface area contributed by atoms with Crippen molar-refractivity contribution in [1.82, 2.24) is 15.3 Å². The molecule has 2 heterocycles. The Morgan fingerprint density at radius 1 is 1.40 bits per heavy atom. The third kappa shape index (κ3) is 2.90. The summed E-state index contributed by atoms with van der Waals surface area (Å²) in [6.45, 7) is 8.40. The zero-order valence-electron chi connectivity index (χ0n) is 12.2. The van der Waals surface area contributed by atoms with Crippen molar-refractivity contribution in [3.05, 3.63) is 26.6 Å². The van der Waals surface area contributed by atoms with E-state index in [1.807, 2.05) is 0 Å². The van der Waals surface area contributed by atoms with Gasteiger partial charge in [0.2, 0.25) is 0 Å². The predicted octanol–water partition coefficient (Wildman–Crippen LogP) is 2.38. The molecule has 0 aliphatic carbocycles. The zero-order chi connectivity index (χ0) is 14.9. The van der Waals surface area contributed by atoms with Crippen LogP contribution in [0.5, 0.6) is 0 Å². The average Bonchev–Trinajstić information content (AvgIpc) is 2.65. The second kappa shape index (κ2) is 5.75. The molecule has 0 saturated heterocycles. The van der Waals surface area contributed by atoms with Crippen LogP contribution in [-0.4, -0.2) is 22.4 Å². The van der Waals surface area contributed by atoms with Gasteiger partial charge in [-0.25, -0.2) is 4.98 Å². The molecule has 0 saturated carbocycles. The number of aromatic amines is 1. The third-order valence-corrected chi connectivity index (χ3v) is 4.32. The van der Waals surface area contributed by atoms with Gasteiger partial charge in [0.1, 0.15) is 10.7 Å². The number of aryl methyl sites for hydroxylation is 2. The first kappa shape index (κ1) is 14.7. The average molecular weight is 293 g/mol. The van der Waals surface area contributed by atoms with E-state index in [0.29, 0.717) is 38.9 Å². The first-order valence-electron chi connectivity index (χ1n) is 6.68. The molecule has 20 heavy (non-hydrogen) atoms. The number of rotatable bonds is 4. The van der Waals surface area contributed by atoms with Crippen LogP contribution in [0, 0.1) is 19.8 Å². The molecule has 0 radical (unpaired) electrons. The molecule has 2 N–H and O–H groups in total. The minimum Gasteiger partial charge on any atom is -0.351 e. The number of fused-ring (bicyclic) bond motifs is 1. The summed E-state index contributed by atoms with van der Waals surface area (Å²) in [6, 6.07) is 0. The van der Waals surface area contributed by atoms with Crippen molar-refractivity contribution in [3.8, 4) is 0 Å². The predicted molar refractivity (Wildman–Crippen MR) is 81.5 cm³/mol. The van der Waals surface area contributed by atoms with Crippen LogP contribution in [0.3, 0.4) is 0 Å². The van der Waals surface area contributed by atoms with Gasteiger partial charge < -0.3 is 10.3 Å². The molecule has 2 aromatic heterocycles. The van der Waals surface area contributed by atoms with Crippen LogP contribution >= 0.6 is 11.3 Å². The number of nitrogens with one attached hydrogen (secondary N) is 2. The fraction of sp³-hybridized carbons (Fsp3) is 0.500. The molecule has 0 aliphatic heterocycles. The molecule has 108 valence electrons. The normalized spacial score (nSPS) is 11.2. The number of carbonyl (C=O) groups is 1. The first-order valence-corrected chi connectivity index (χ1v) is 7.50. The Morgan fingerprint density at radius 3 is 2.75 bits per heavy atom. The Labute approximate surface area is 121 Å². The van der Waals surface area contributed by atoms with Gasteiger partial charge in [0.15, 0.2) is 0 Å². The summed E-state index contributed by atoms with van der Waals surface area (Å²) in [7, 11) is 0. The molecule has 1 amide bonds. The Hall–Kier alpha value is -1.69. The van der Waals surface area contributed by atoms with Crippen LogP contribution in [0.15, 0.2) is 4.79 Å². The lowest BCUT2D eigenvalue weighted by molar-refractivity contribution is 0.0955. The fourth-order valence-electron chi connectivity index (χ4n) is 2.02. The molecule has 0 bridgehead atoms. The van der Waals surface area contributed by atoms with Crippen molar-refractivity contribution in [2.75, 3.05) is 6.54 Å². The molecule has 0 spiro atoms. The molecule has 0 atom stereocenters. The second-order valence-corrected chi connectivity index (χ2v) is 6.33. The van der Waals surface area contributed by atoms with E-state index in [9.17, 15) is 9.59 Å². The Morgan fingerprint density at radius 2 is 2.10 bits per heavy atom. The number of hydrogen-bond donors (Lipinski definition) is 2. The van der Waals surface area contributed by atoms with Gasteiger partial charge in [-0.1, -0.05) is 13.8 Å². The molecule has 0 aliphatic rings. The molecule has 0 aromatic carbocycles. The van der Waals surface area contributed by atoms with Gasteiger partial charge in [-0.05, 0) is 31.7 Å². The Bertz CT molecular complexity index is 700. The number of aromatic nitrogens is 2. The van der Waals surface area contributed by atoms with Crippen LogP contribution < -0.4 is 10.9 Å². The highest BCUT2D eigenvalue weighted by Crippen LogP contribution is 2.26. The summed E-state index contributed by atoms with van der Waals surface area (Å²) in [5.74, 6) is 0.990. The molecule has 0 fully saturated rings. The van der Waals surface area contributed by atoms with E-state index in [1.165, 1.54) is 11.3 Å². The maximum atomic E-state index is 12.2. The second-order valence-electron chi connectivity index (χ2n) is 5.33. The quantitative estimate of drug-likeness (QED) is 0.908. The molecule has 6 heteroatoms. The Balaban J connectivity index is 2.31. The van der Waals surface area contributed by atoms with Crippen LogP contribution in [0.2, 0.25) is 0 Å². The smallest absolute Gasteiger partial charge is 0.261 e. The lowest BCUT2D eigenvalue weighted by Gasteiger charge is -2.06. The summed E-state index contributed by atoms with van der Waals surface area (Å²) < 4.78 is 0. The first-order chi connectivity index (χ1) is 9.40.